The number of likely N-dealkylation sites (tertiary alicyclic amines) is 1. The van der Waals surface area contributed by atoms with E-state index in [4.69, 9.17) is 10.5 Å². The minimum Gasteiger partial charge on any atom is -0.490 e. The topological polar surface area (TPSA) is 140 Å². The number of nitrogen functional groups attached to an aromatic ring is 1. The average Bonchev–Trinajstić information content (AvgIpc) is 3.88. The van der Waals surface area contributed by atoms with Gasteiger partial charge in [0, 0.05) is 54.4 Å². The minimum atomic E-state index is -1.65. The fourth-order valence-electron chi connectivity index (χ4n) is 8.65. The second-order valence-electron chi connectivity index (χ2n) is 14.5. The van der Waals surface area contributed by atoms with E-state index in [1.54, 1.807) is 4.57 Å². The summed E-state index contributed by atoms with van der Waals surface area (Å²) in [7, 11) is 0. The van der Waals surface area contributed by atoms with Crippen LogP contribution in [-0.2, 0) is 18.7 Å². The van der Waals surface area contributed by atoms with Crippen molar-refractivity contribution >= 4 is 38.9 Å². The van der Waals surface area contributed by atoms with E-state index in [0.29, 0.717) is 60.7 Å². The van der Waals surface area contributed by atoms with Crippen molar-refractivity contribution in [3.63, 3.8) is 0 Å². The number of thiophene rings is 1. The Bertz CT molecular complexity index is 2360. The van der Waals surface area contributed by atoms with Crippen molar-refractivity contribution in [3.8, 4) is 11.4 Å². The van der Waals surface area contributed by atoms with Gasteiger partial charge in [0.1, 0.15) is 47.1 Å². The lowest BCUT2D eigenvalue weighted by Crippen LogP contribution is -2.54. The minimum absolute atomic E-state index is 0.0247. The number of nitrogens with one attached hydrogen (secondary N) is 1. The molecular formula is C39H39F2N9O3S. The maximum atomic E-state index is 15.1. The van der Waals surface area contributed by atoms with Crippen LogP contribution in [0.1, 0.15) is 23.3 Å². The zero-order valence-electron chi connectivity index (χ0n) is 29.3. The summed E-state index contributed by atoms with van der Waals surface area (Å²) < 4.78 is 38.0. The highest BCUT2D eigenvalue weighted by Gasteiger charge is 2.45. The van der Waals surface area contributed by atoms with Crippen LogP contribution in [0.15, 0.2) is 90.2 Å². The van der Waals surface area contributed by atoms with E-state index in [1.165, 1.54) is 40.8 Å². The number of anilines is 3. The van der Waals surface area contributed by atoms with Gasteiger partial charge >= 0.3 is 0 Å². The highest BCUT2D eigenvalue weighted by molar-refractivity contribution is 7.18. The van der Waals surface area contributed by atoms with Crippen LogP contribution in [0.25, 0.3) is 16.0 Å². The highest BCUT2D eigenvalue weighted by Crippen LogP contribution is 2.41. The summed E-state index contributed by atoms with van der Waals surface area (Å²) in [6.07, 6.45) is 4.89. The maximum Gasteiger partial charge on any atom is 0.298 e. The van der Waals surface area contributed by atoms with Crippen molar-refractivity contribution in [2.45, 2.75) is 37.6 Å². The largest absolute Gasteiger partial charge is 0.490 e. The number of para-hydroxylation sites is 1. The molecule has 3 aromatic carbocycles. The molecule has 5 heterocycles. The fourth-order valence-corrected chi connectivity index (χ4v) is 9.62. The van der Waals surface area contributed by atoms with Crippen molar-refractivity contribution in [2.24, 2.45) is 11.8 Å². The number of ether oxygens (including phenoxy) is 1. The molecule has 2 bridgehead atoms. The second kappa shape index (κ2) is 13.9. The van der Waals surface area contributed by atoms with Crippen LogP contribution in [0.4, 0.5) is 26.0 Å². The van der Waals surface area contributed by atoms with E-state index in [1.807, 2.05) is 42.5 Å². The average molecular weight is 752 g/mol. The molecule has 2 aliphatic heterocycles. The molecule has 54 heavy (non-hydrogen) atoms. The molecule has 9 rings (SSSR count). The van der Waals surface area contributed by atoms with Crippen molar-refractivity contribution in [2.75, 3.05) is 43.4 Å². The molecule has 6 aromatic rings. The molecule has 1 saturated carbocycles. The summed E-state index contributed by atoms with van der Waals surface area (Å²) >= 11 is 1.51. The van der Waals surface area contributed by atoms with Crippen molar-refractivity contribution in [1.82, 2.24) is 34.5 Å². The molecule has 1 saturated heterocycles. The molecule has 0 radical (unpaired) electrons. The van der Waals surface area contributed by atoms with Crippen LogP contribution in [0.2, 0.25) is 0 Å². The lowest BCUT2D eigenvalue weighted by Gasteiger charge is -2.42. The maximum absolute atomic E-state index is 15.1. The number of aromatic nitrogens is 5. The summed E-state index contributed by atoms with van der Waals surface area (Å²) in [4.78, 5) is 28.2. The first-order chi connectivity index (χ1) is 26.2. The van der Waals surface area contributed by atoms with E-state index < -0.39 is 17.2 Å². The summed E-state index contributed by atoms with van der Waals surface area (Å²) in [6, 6.07) is 21.4. The van der Waals surface area contributed by atoms with Gasteiger partial charge in [0.15, 0.2) is 5.82 Å². The van der Waals surface area contributed by atoms with Crippen molar-refractivity contribution in [1.29, 1.82) is 0 Å². The quantitative estimate of drug-likeness (QED) is 0.179. The van der Waals surface area contributed by atoms with Gasteiger partial charge in [0.2, 0.25) is 0 Å². The Morgan fingerprint density at radius 3 is 2.57 bits per heavy atom. The van der Waals surface area contributed by atoms with Crippen LogP contribution < -0.4 is 26.2 Å². The summed E-state index contributed by atoms with van der Waals surface area (Å²) in [6.45, 7) is 3.37. The normalized spacial score (nSPS) is 20.9. The Morgan fingerprint density at radius 2 is 1.81 bits per heavy atom. The highest BCUT2D eigenvalue weighted by atomic mass is 32.1. The molecule has 3 aliphatic rings. The molecule has 0 spiro atoms. The first-order valence-corrected chi connectivity index (χ1v) is 18.9. The molecule has 1 aliphatic carbocycles. The molecule has 15 heteroatoms. The summed E-state index contributed by atoms with van der Waals surface area (Å²) in [5.74, 6) is -0.189. The fraction of sp³-hybridized carbons (Fsp3) is 0.333. The molecule has 2 fully saturated rings. The van der Waals surface area contributed by atoms with Crippen LogP contribution in [-0.4, -0.2) is 73.1 Å². The molecule has 2 unspecified atom stereocenters. The first-order valence-electron chi connectivity index (χ1n) is 18.1. The molecule has 278 valence electrons. The molecule has 3 aromatic heterocycles. The summed E-state index contributed by atoms with van der Waals surface area (Å²) in [5, 5.41) is 19.9. The van der Waals surface area contributed by atoms with Crippen LogP contribution in [0, 0.1) is 23.5 Å². The number of nitrogens with zero attached hydrogens (tertiary/aromatic N) is 7. The number of rotatable bonds is 10. The van der Waals surface area contributed by atoms with Crippen molar-refractivity contribution in [3.05, 3.63) is 118 Å². The third-order valence-corrected chi connectivity index (χ3v) is 12.0. The Balaban J connectivity index is 0.936. The van der Waals surface area contributed by atoms with Gasteiger partial charge in [0.25, 0.3) is 5.56 Å². The third kappa shape index (κ3) is 6.40. The lowest BCUT2D eigenvalue weighted by atomic mass is 9.88. The number of halogens is 2. The van der Waals surface area contributed by atoms with E-state index in [-0.39, 0.29) is 36.1 Å². The zero-order valence-corrected chi connectivity index (χ0v) is 30.1. The number of fused-ring (bicyclic) bond motifs is 4. The molecule has 12 nitrogen and oxygen atoms in total. The predicted molar refractivity (Wildman–Crippen MR) is 202 cm³/mol. The number of aliphatic hydroxyl groups is 1. The van der Waals surface area contributed by atoms with E-state index >= 15 is 4.39 Å². The number of hydrogen-bond acceptors (Lipinski definition) is 11. The van der Waals surface area contributed by atoms with Crippen molar-refractivity contribution < 1.29 is 18.6 Å². The number of β-amino-alcohol motifs (C(OH)–C–C–N with tert-alkyl or cyclic N) is 1. The van der Waals surface area contributed by atoms with Crippen LogP contribution in [0.5, 0.6) is 5.75 Å². The van der Waals surface area contributed by atoms with Crippen LogP contribution in [0.3, 0.4) is 0 Å². The predicted octanol–water partition coefficient (Wildman–Crippen LogP) is 4.82. The smallest absolute Gasteiger partial charge is 0.298 e. The van der Waals surface area contributed by atoms with Gasteiger partial charge in [0.05, 0.1) is 30.0 Å². The molecule has 4 N–H and O–H groups in total. The monoisotopic (exact) mass is 751 g/mol. The number of nitrogens with two attached hydrogens (primary N) is 1. The summed E-state index contributed by atoms with van der Waals surface area (Å²) in [5.41, 5.74) is 7.49. The van der Waals surface area contributed by atoms with Crippen LogP contribution >= 0.6 is 11.3 Å². The van der Waals surface area contributed by atoms with Gasteiger partial charge in [-0.3, -0.25) is 14.3 Å². The standard InChI is InChI=1S/C39H39F2N9O3S/c40-26-8-10-30(31(41)14-26)39(52,21-48-23-43-22-45-48)20-47-18-24-6-7-25(19-47)35(24)44-17-29-16-33-37(54-29)46-36(42)38(51)50(33)28-9-11-34-32(15-28)49(12-13-53-34)27-4-2-1-3-5-27/h1-5,8-11,14-16,22-25,35,44,52H,6-7,12-13,17-21H2,(H2,42,46)/t24-,25+,35?,39?. The second-order valence-corrected chi connectivity index (χ2v) is 15.6. The number of piperidine rings is 1. The number of hydrogen-bond donors (Lipinski definition) is 3. The number of benzene rings is 3. The SMILES string of the molecule is Nc1nc2sc(CNC3[C@@H]4CC[C@H]3CN(CC(O)(Cn3cncn3)c3ccc(F)cc3F)C4)cc2n(-c2ccc3c(c2)N(c2ccccc2)CCO3)c1=O. The Kier molecular flexibility index (Phi) is 8.88. The van der Waals surface area contributed by atoms with Gasteiger partial charge in [-0.2, -0.15) is 5.10 Å². The van der Waals surface area contributed by atoms with Gasteiger partial charge in [-0.25, -0.2) is 23.4 Å². The van der Waals surface area contributed by atoms with Gasteiger partial charge in [-0.15, -0.1) is 11.3 Å². The lowest BCUT2D eigenvalue weighted by molar-refractivity contribution is -0.0355. The van der Waals surface area contributed by atoms with Gasteiger partial charge in [-0.05, 0) is 67.1 Å². The van der Waals surface area contributed by atoms with E-state index in [2.05, 4.69) is 42.3 Å². The van der Waals surface area contributed by atoms with E-state index in [0.717, 1.165) is 40.9 Å². The Hall–Kier alpha value is -5.22. The van der Waals surface area contributed by atoms with Gasteiger partial charge in [-0.1, -0.05) is 24.3 Å². The Labute approximate surface area is 313 Å². The molecular weight excluding hydrogens is 713 g/mol. The zero-order chi connectivity index (χ0) is 37.0. The first kappa shape index (κ1) is 34.5. The third-order valence-electron chi connectivity index (χ3n) is 11.0. The molecule has 4 atom stereocenters. The van der Waals surface area contributed by atoms with Gasteiger partial charge < -0.3 is 25.8 Å². The van der Waals surface area contributed by atoms with E-state index in [9.17, 15) is 14.3 Å². The molecule has 0 amide bonds. The Morgan fingerprint density at radius 1 is 1.00 bits per heavy atom.